The zero-order valence-corrected chi connectivity index (χ0v) is 16.1. The highest BCUT2D eigenvalue weighted by Gasteiger charge is 2.04. The summed E-state index contributed by atoms with van der Waals surface area (Å²) in [7, 11) is 1.69. The summed E-state index contributed by atoms with van der Waals surface area (Å²) in [6.45, 7) is 1.71. The third-order valence-electron chi connectivity index (χ3n) is 3.65. The minimum absolute atomic E-state index is 0.112. The zero-order valence-electron chi connectivity index (χ0n) is 14.6. The molecule has 0 aromatic heterocycles. The van der Waals surface area contributed by atoms with Gasteiger partial charge >= 0.3 is 0 Å². The maximum absolute atomic E-state index is 12.9. The lowest BCUT2D eigenvalue weighted by Crippen LogP contribution is -2.42. The van der Waals surface area contributed by atoms with Crippen molar-refractivity contribution in [3.63, 3.8) is 0 Å². The van der Waals surface area contributed by atoms with Crippen molar-refractivity contribution in [2.24, 2.45) is 4.99 Å². The fraction of sp³-hybridized carbons (Fsp3) is 0.263. The van der Waals surface area contributed by atoms with Crippen LogP contribution in [-0.2, 0) is 6.42 Å². The maximum Gasteiger partial charge on any atom is 0.251 e. The maximum atomic E-state index is 12.9. The molecule has 0 heterocycles. The smallest absolute Gasteiger partial charge is 0.251 e. The van der Waals surface area contributed by atoms with Crippen molar-refractivity contribution in [3.05, 3.63) is 69.9 Å². The van der Waals surface area contributed by atoms with Gasteiger partial charge in [0.2, 0.25) is 0 Å². The molecule has 0 unspecified atom stereocenters. The van der Waals surface area contributed by atoms with Gasteiger partial charge in [0.15, 0.2) is 5.96 Å². The van der Waals surface area contributed by atoms with E-state index in [0.717, 1.165) is 16.5 Å². The van der Waals surface area contributed by atoms with E-state index in [1.54, 1.807) is 31.3 Å². The average molecular weight is 421 g/mol. The summed E-state index contributed by atoms with van der Waals surface area (Å²) in [5.41, 5.74) is 1.67. The van der Waals surface area contributed by atoms with E-state index in [1.165, 1.54) is 12.1 Å². The van der Waals surface area contributed by atoms with Crippen molar-refractivity contribution in [1.82, 2.24) is 16.0 Å². The van der Waals surface area contributed by atoms with Gasteiger partial charge in [-0.05, 0) is 48.4 Å². The molecule has 138 valence electrons. The van der Waals surface area contributed by atoms with Gasteiger partial charge < -0.3 is 16.0 Å². The highest BCUT2D eigenvalue weighted by atomic mass is 79.9. The second-order valence-electron chi connectivity index (χ2n) is 5.57. The standard InChI is InChI=1S/C19H22BrFN4O/c1-22-19(24-11-10-14-2-8-17(21)9-3-14)25-13-12-23-18(26)15-4-6-16(20)7-5-15/h2-9H,10-13H2,1H3,(H,23,26)(H2,22,24,25). The first kappa shape index (κ1) is 19.9. The molecule has 1 amide bonds. The predicted molar refractivity (Wildman–Crippen MR) is 106 cm³/mol. The first-order chi connectivity index (χ1) is 12.6. The molecule has 0 atom stereocenters. The van der Waals surface area contributed by atoms with E-state index in [1.807, 2.05) is 12.1 Å². The Labute approximate surface area is 161 Å². The SMILES string of the molecule is CN=C(NCCNC(=O)c1ccc(Br)cc1)NCCc1ccc(F)cc1. The molecule has 0 fully saturated rings. The van der Waals surface area contributed by atoms with E-state index < -0.39 is 0 Å². The first-order valence-electron chi connectivity index (χ1n) is 8.31. The highest BCUT2D eigenvalue weighted by Crippen LogP contribution is 2.10. The van der Waals surface area contributed by atoms with Gasteiger partial charge in [-0.2, -0.15) is 0 Å². The Balaban J connectivity index is 1.64. The van der Waals surface area contributed by atoms with Crippen LogP contribution in [0.3, 0.4) is 0 Å². The van der Waals surface area contributed by atoms with Crippen molar-refractivity contribution < 1.29 is 9.18 Å². The Morgan fingerprint density at radius 3 is 2.23 bits per heavy atom. The Morgan fingerprint density at radius 1 is 0.962 bits per heavy atom. The molecule has 2 aromatic carbocycles. The first-order valence-corrected chi connectivity index (χ1v) is 9.10. The predicted octanol–water partition coefficient (Wildman–Crippen LogP) is 2.73. The number of guanidine groups is 1. The molecule has 5 nitrogen and oxygen atoms in total. The van der Waals surface area contributed by atoms with Gasteiger partial charge in [-0.25, -0.2) is 4.39 Å². The van der Waals surface area contributed by atoms with Crippen molar-refractivity contribution >= 4 is 27.8 Å². The van der Waals surface area contributed by atoms with Crippen LogP contribution in [0.25, 0.3) is 0 Å². The third kappa shape index (κ3) is 6.84. The van der Waals surface area contributed by atoms with E-state index in [2.05, 4.69) is 36.9 Å². The molecule has 7 heteroatoms. The summed E-state index contributed by atoms with van der Waals surface area (Å²) in [6, 6.07) is 13.6. The molecule has 0 aliphatic heterocycles. The van der Waals surface area contributed by atoms with Crippen LogP contribution in [0.5, 0.6) is 0 Å². The number of nitrogens with zero attached hydrogens (tertiary/aromatic N) is 1. The van der Waals surface area contributed by atoms with Gasteiger partial charge in [-0.15, -0.1) is 0 Å². The van der Waals surface area contributed by atoms with Crippen molar-refractivity contribution in [2.45, 2.75) is 6.42 Å². The van der Waals surface area contributed by atoms with Crippen LogP contribution in [0.1, 0.15) is 15.9 Å². The summed E-state index contributed by atoms with van der Waals surface area (Å²) < 4.78 is 13.8. The summed E-state index contributed by atoms with van der Waals surface area (Å²) in [4.78, 5) is 16.1. The molecule has 0 spiro atoms. The van der Waals surface area contributed by atoms with E-state index in [4.69, 9.17) is 0 Å². The van der Waals surface area contributed by atoms with Crippen LogP contribution < -0.4 is 16.0 Å². The Kier molecular flexibility index (Phi) is 8.08. The van der Waals surface area contributed by atoms with E-state index in [-0.39, 0.29) is 11.7 Å². The number of hydrogen-bond donors (Lipinski definition) is 3. The van der Waals surface area contributed by atoms with Crippen LogP contribution in [0.2, 0.25) is 0 Å². The number of nitrogens with one attached hydrogen (secondary N) is 3. The minimum atomic E-state index is -0.232. The minimum Gasteiger partial charge on any atom is -0.356 e. The summed E-state index contributed by atoms with van der Waals surface area (Å²) in [6.07, 6.45) is 0.765. The molecule has 2 aromatic rings. The molecule has 0 saturated heterocycles. The molecule has 3 N–H and O–H groups in total. The number of amides is 1. The number of benzene rings is 2. The van der Waals surface area contributed by atoms with Gasteiger partial charge in [0.05, 0.1) is 0 Å². The van der Waals surface area contributed by atoms with Gasteiger partial charge in [0, 0.05) is 36.7 Å². The van der Waals surface area contributed by atoms with E-state index in [9.17, 15) is 9.18 Å². The van der Waals surface area contributed by atoms with Gasteiger partial charge in [0.25, 0.3) is 5.91 Å². The van der Waals surface area contributed by atoms with Crippen LogP contribution in [-0.4, -0.2) is 38.5 Å². The van der Waals surface area contributed by atoms with Gasteiger partial charge in [-0.1, -0.05) is 28.1 Å². The quantitative estimate of drug-likeness (QED) is 0.366. The Morgan fingerprint density at radius 2 is 1.58 bits per heavy atom. The fourth-order valence-electron chi connectivity index (χ4n) is 2.26. The highest BCUT2D eigenvalue weighted by molar-refractivity contribution is 9.10. The molecule has 0 aliphatic carbocycles. The van der Waals surface area contributed by atoms with Gasteiger partial charge in [-0.3, -0.25) is 9.79 Å². The van der Waals surface area contributed by atoms with E-state index >= 15 is 0 Å². The number of carbonyl (C=O) groups is 1. The van der Waals surface area contributed by atoms with Gasteiger partial charge in [0.1, 0.15) is 5.82 Å². The Hall–Kier alpha value is -2.41. The summed E-state index contributed by atoms with van der Waals surface area (Å²) >= 11 is 3.34. The van der Waals surface area contributed by atoms with Crippen molar-refractivity contribution in [3.8, 4) is 0 Å². The number of aliphatic imine (C=N–C) groups is 1. The topological polar surface area (TPSA) is 65.5 Å². The van der Waals surface area contributed by atoms with Crippen LogP contribution in [0.4, 0.5) is 4.39 Å². The number of halogens is 2. The van der Waals surface area contributed by atoms with Crippen LogP contribution >= 0.6 is 15.9 Å². The number of hydrogen-bond acceptors (Lipinski definition) is 2. The van der Waals surface area contributed by atoms with Crippen molar-refractivity contribution in [1.29, 1.82) is 0 Å². The van der Waals surface area contributed by atoms with Crippen LogP contribution in [0.15, 0.2) is 58.0 Å². The molecule has 0 radical (unpaired) electrons. The fourth-order valence-corrected chi connectivity index (χ4v) is 2.52. The average Bonchev–Trinajstić information content (AvgIpc) is 2.65. The lowest BCUT2D eigenvalue weighted by molar-refractivity contribution is 0.0954. The number of rotatable bonds is 7. The molecular formula is C19H22BrFN4O. The third-order valence-corrected chi connectivity index (χ3v) is 4.18. The molecule has 0 bridgehead atoms. The molecule has 0 saturated carbocycles. The largest absolute Gasteiger partial charge is 0.356 e. The second kappa shape index (κ2) is 10.6. The van der Waals surface area contributed by atoms with E-state index in [0.29, 0.717) is 31.2 Å². The van der Waals surface area contributed by atoms with Crippen LogP contribution in [0, 0.1) is 5.82 Å². The molecule has 0 aliphatic rings. The van der Waals surface area contributed by atoms with Crippen molar-refractivity contribution in [2.75, 3.05) is 26.7 Å². The molecular weight excluding hydrogens is 399 g/mol. The zero-order chi connectivity index (χ0) is 18.8. The number of carbonyl (C=O) groups excluding carboxylic acids is 1. The normalized spacial score (nSPS) is 11.1. The summed E-state index contributed by atoms with van der Waals surface area (Å²) in [5.74, 6) is 0.313. The lowest BCUT2D eigenvalue weighted by Gasteiger charge is -2.12. The summed E-state index contributed by atoms with van der Waals surface area (Å²) in [5, 5.41) is 9.17. The molecule has 26 heavy (non-hydrogen) atoms. The second-order valence-corrected chi connectivity index (χ2v) is 6.48. The lowest BCUT2D eigenvalue weighted by atomic mass is 10.1. The Bertz CT molecular complexity index is 732. The molecule has 2 rings (SSSR count). The monoisotopic (exact) mass is 420 g/mol.